The van der Waals surface area contributed by atoms with Crippen LogP contribution in [-0.2, 0) is 88.1 Å². The molecular weight excluding hydrogens is 1760 g/mol. The number of carboxylic acids is 1. The van der Waals surface area contributed by atoms with Crippen molar-refractivity contribution in [2.45, 2.75) is 330 Å². The second kappa shape index (κ2) is 69.9. The average Bonchev–Trinajstić information content (AvgIpc) is 1.67. The minimum Gasteiger partial charge on any atom is -0.480 e. The van der Waals surface area contributed by atoms with Crippen molar-refractivity contribution in [1.82, 2.24) is 47.9 Å². The van der Waals surface area contributed by atoms with Gasteiger partial charge in [0.15, 0.2) is 0 Å². The molecule has 0 spiro atoms. The number of carbonyl (C=O) groups is 10. The van der Waals surface area contributed by atoms with Crippen LogP contribution in [-0.4, -0.2) is 187 Å². The summed E-state index contributed by atoms with van der Waals surface area (Å²) in [5.74, 6) is -1.36. The lowest BCUT2D eigenvalue weighted by atomic mass is 10.1. The number of aliphatic carboxylic acids is 1. The van der Waals surface area contributed by atoms with Crippen molar-refractivity contribution in [3.05, 3.63) is 179 Å². The van der Waals surface area contributed by atoms with Crippen LogP contribution < -0.4 is 59.3 Å². The summed E-state index contributed by atoms with van der Waals surface area (Å²) in [7, 11) is -2.49. The van der Waals surface area contributed by atoms with Gasteiger partial charge < -0.3 is 98.3 Å². The number of benzene rings is 5. The van der Waals surface area contributed by atoms with Crippen LogP contribution in [0.2, 0.25) is 0 Å². The number of alkyl carbamates (subject to hydrolysis) is 5. The molecule has 5 aromatic carbocycles. The summed E-state index contributed by atoms with van der Waals surface area (Å²) in [5, 5.41) is 49.3. The number of unbranched alkanes of at least 4 members (excludes halogenated alkanes) is 7. The zero-order valence-electron chi connectivity index (χ0n) is 81.4. The van der Waals surface area contributed by atoms with Gasteiger partial charge in [0.1, 0.15) is 58.2 Å². The van der Waals surface area contributed by atoms with E-state index in [9.17, 15) is 56.4 Å². The van der Waals surface area contributed by atoms with E-state index < -0.39 is 105 Å². The number of hydrogen-bond acceptors (Lipinski definition) is 22. The molecule has 1 saturated carbocycles. The Morgan fingerprint density at radius 2 is 0.621 bits per heavy atom. The highest BCUT2D eigenvalue weighted by atomic mass is 35.5. The third-order valence-electron chi connectivity index (χ3n) is 17.5. The molecule has 0 aromatic heterocycles. The van der Waals surface area contributed by atoms with E-state index in [0.29, 0.717) is 102 Å². The molecule has 0 heterocycles. The standard InChI is InChI=1S/C19H30N2O6S.C19H30N2O3.C18H29N3O3.C18H28N2O4.C12H23NO4.C9H11N.CH2Cl2.CH4O/c1-19(2,3)27-18(23)21-16(12-8-9-13-26-28(4,24)25)17(22)20-14-15-10-6-5-7-11-15;1-5-6-8-13-16(21-18(23)24-19(2,3)4)17(22)20-14-15-11-9-7-10-12-15;1-18(2,3)24-17(23)21-15(11-7-8-12-19)16(22)20-13-14-9-5-4-6-10-14;1-18(2,3)24-17(23)20-15(11-7-8-12-21)16(22)19-13-14-9-5-4-6-10-14;1-5-6-7-8-9(10(14)15)13-11(16)17-12(2,3)4;10-9-6-8(9)7-4-2-1-3-5-7;2-1-3;1-2/h5-7,10-11,16H,8-9,12-14H2,1-4H3,(H,20,22)(H,21,23);7,9-12,16H,5-6,8,13-14H2,1-4H3,(H,20,22)(H,21,23);4-6,9-10,15H,7-8,11-13,19H2,1-3H3,(H,20,22)(H,21,23);4-6,9-10,15,21H,7-8,11-13H2,1-3H3,(H,19,22)(H,20,23);9H,5-8H2,1-4H3,(H,13,16)(H,14,15);1-5,8-9H,6,10H2;1H2;2H,1H3/t2*16-;2*15-;9-;;;/m00000.../s1. The molecule has 5 aromatic rings. The van der Waals surface area contributed by atoms with E-state index in [1.165, 1.54) is 12.0 Å². The number of nitrogens with two attached hydrogens (primary N) is 2. The molecule has 746 valence electrons. The fourth-order valence-electron chi connectivity index (χ4n) is 11.3. The van der Waals surface area contributed by atoms with Crippen LogP contribution >= 0.6 is 23.2 Å². The van der Waals surface area contributed by atoms with E-state index in [1.807, 2.05) is 134 Å². The van der Waals surface area contributed by atoms with Crippen LogP contribution in [0.3, 0.4) is 0 Å². The van der Waals surface area contributed by atoms with E-state index in [4.69, 9.17) is 73.7 Å². The Balaban J connectivity index is 0. The van der Waals surface area contributed by atoms with Gasteiger partial charge in [-0.15, -0.1) is 23.2 Å². The molecule has 0 aliphatic heterocycles. The monoisotopic (exact) mass is 1910 g/mol. The molecule has 9 amide bonds. The lowest BCUT2D eigenvalue weighted by molar-refractivity contribution is -0.139. The first-order valence-electron chi connectivity index (χ1n) is 45.0. The number of aliphatic hydroxyl groups excluding tert-OH is 2. The number of aliphatic hydroxyl groups is 2. The first-order chi connectivity index (χ1) is 62.0. The van der Waals surface area contributed by atoms with Gasteiger partial charge in [-0.05, 0) is 215 Å². The second-order valence-corrected chi connectivity index (χ2v) is 38.1. The van der Waals surface area contributed by atoms with Gasteiger partial charge in [-0.1, -0.05) is 204 Å². The maximum atomic E-state index is 12.5. The van der Waals surface area contributed by atoms with Crippen LogP contribution in [0.5, 0.6) is 0 Å². The van der Waals surface area contributed by atoms with Crippen molar-refractivity contribution in [1.29, 1.82) is 0 Å². The number of ether oxygens (including phenoxy) is 5. The number of hydrogen-bond donors (Lipinski definition) is 14. The van der Waals surface area contributed by atoms with Crippen molar-refractivity contribution in [3.63, 3.8) is 0 Å². The highest BCUT2D eigenvalue weighted by Gasteiger charge is 2.35. The van der Waals surface area contributed by atoms with E-state index in [1.54, 1.807) is 104 Å². The highest BCUT2D eigenvalue weighted by molar-refractivity contribution is 7.86. The molecule has 16 N–H and O–H groups in total. The summed E-state index contributed by atoms with van der Waals surface area (Å²) in [6.45, 7) is 32.9. The molecule has 7 atom stereocenters. The van der Waals surface area contributed by atoms with E-state index in [0.717, 1.165) is 87.0 Å². The summed E-state index contributed by atoms with van der Waals surface area (Å²) in [4.78, 5) is 120. The number of carbonyl (C=O) groups excluding carboxylic acids is 9. The Hall–Kier alpha value is -9.87. The summed E-state index contributed by atoms with van der Waals surface area (Å²) < 4.78 is 52.6. The minimum absolute atomic E-state index is 0.0314. The third kappa shape index (κ3) is 71.8. The quantitative estimate of drug-likeness (QED) is 0.00748. The van der Waals surface area contributed by atoms with Gasteiger partial charge >= 0.3 is 36.4 Å². The topological polar surface area (TPSA) is 481 Å². The van der Waals surface area contributed by atoms with Gasteiger partial charge in [-0.25, -0.2) is 28.8 Å². The highest BCUT2D eigenvalue weighted by Crippen LogP contribution is 2.38. The largest absolute Gasteiger partial charge is 0.480 e. The Morgan fingerprint density at radius 1 is 0.394 bits per heavy atom. The summed E-state index contributed by atoms with van der Waals surface area (Å²) in [6, 6.07) is 45.6. The molecule has 0 saturated heterocycles. The van der Waals surface area contributed by atoms with E-state index in [2.05, 4.69) is 83.2 Å². The van der Waals surface area contributed by atoms with Crippen LogP contribution in [0.1, 0.15) is 267 Å². The molecule has 6 rings (SSSR count). The fourth-order valence-corrected chi connectivity index (χ4v) is 11.7. The molecule has 132 heavy (non-hydrogen) atoms. The summed E-state index contributed by atoms with van der Waals surface area (Å²) in [6.07, 6.45) is 10.8. The first kappa shape index (κ1) is 124. The van der Waals surface area contributed by atoms with Crippen LogP contribution in [0, 0.1) is 0 Å². The fraction of sp³-hybridized carbons (Fsp3) is 0.588. The zero-order valence-corrected chi connectivity index (χ0v) is 83.7. The SMILES string of the molecule is CC(C)(C)OC(=O)N[C@@H](CCCCN)C(=O)NCc1ccccc1.CC(C)(C)OC(=O)N[C@@H](CCCCO)C(=O)NCc1ccccc1.CC(C)(C)OC(=O)N[C@@H](CCCCOS(C)(=O)=O)C(=O)NCc1ccccc1.CCCCC[C@H](NC(=O)OC(C)(C)C)C(=O)NCc1ccccc1.CCCCC[C@H](NC(=O)OC(C)(C)C)C(=O)O.CO.ClCCl.NC1CC1c1ccccc1. The maximum absolute atomic E-state index is 12.5. The molecule has 0 bridgehead atoms. The van der Waals surface area contributed by atoms with Gasteiger partial charge in [-0.3, -0.25) is 23.4 Å². The molecule has 35 heteroatoms. The lowest BCUT2D eigenvalue weighted by Gasteiger charge is -2.23. The summed E-state index contributed by atoms with van der Waals surface area (Å²) in [5.41, 5.74) is 13.4. The van der Waals surface area contributed by atoms with Crippen molar-refractivity contribution >= 4 is 93.4 Å². The van der Waals surface area contributed by atoms with Gasteiger partial charge in [0.2, 0.25) is 23.6 Å². The Morgan fingerprint density at radius 3 is 0.841 bits per heavy atom. The molecular formula is C97H157Cl2N11O21S. The molecule has 1 aliphatic rings. The summed E-state index contributed by atoms with van der Waals surface area (Å²) >= 11 is 9.53. The zero-order chi connectivity index (χ0) is 100. The number of alkyl halides is 2. The van der Waals surface area contributed by atoms with Crippen molar-refractivity contribution in [2.75, 3.05) is 38.5 Å². The number of rotatable bonds is 41. The predicted octanol–water partition coefficient (Wildman–Crippen LogP) is 15.9. The van der Waals surface area contributed by atoms with Crippen LogP contribution in [0.4, 0.5) is 24.0 Å². The Bertz CT molecular complexity index is 3860. The molecule has 1 aliphatic carbocycles. The second-order valence-electron chi connectivity index (χ2n) is 35.7. The normalized spacial score (nSPS) is 13.6. The minimum atomic E-state index is -3.49. The smallest absolute Gasteiger partial charge is 0.408 e. The third-order valence-corrected chi connectivity index (χ3v) is 18.1. The molecule has 32 nitrogen and oxygen atoms in total. The Kier molecular flexibility index (Phi) is 65.8. The lowest BCUT2D eigenvalue weighted by Crippen LogP contribution is -2.48. The molecule has 1 fully saturated rings. The van der Waals surface area contributed by atoms with Gasteiger partial charge in [0.25, 0.3) is 10.1 Å². The van der Waals surface area contributed by atoms with Gasteiger partial charge in [-0.2, -0.15) is 8.42 Å². The van der Waals surface area contributed by atoms with Crippen LogP contribution in [0.15, 0.2) is 152 Å². The van der Waals surface area contributed by atoms with Crippen LogP contribution in [0.25, 0.3) is 0 Å². The maximum Gasteiger partial charge on any atom is 0.408 e. The van der Waals surface area contributed by atoms with Gasteiger partial charge in [0.05, 0.1) is 18.2 Å². The number of nitrogens with one attached hydrogen (secondary N) is 9. The van der Waals surface area contributed by atoms with Crippen molar-refractivity contribution in [2.24, 2.45) is 11.5 Å². The predicted molar refractivity (Wildman–Crippen MR) is 520 cm³/mol. The average molecular weight is 1920 g/mol. The number of amides is 9. The van der Waals surface area contributed by atoms with Crippen molar-refractivity contribution < 1.29 is 99.6 Å². The Labute approximate surface area is 795 Å². The first-order valence-corrected chi connectivity index (χ1v) is 47.8. The number of carboxylic acid groups (broad SMARTS) is 1. The molecule has 2 unspecified atom stereocenters. The van der Waals surface area contributed by atoms with E-state index >= 15 is 0 Å². The number of halogens is 2. The molecule has 0 radical (unpaired) electrons. The van der Waals surface area contributed by atoms with E-state index in [-0.39, 0.29) is 42.2 Å². The van der Waals surface area contributed by atoms with Gasteiger partial charge in [0, 0.05) is 51.9 Å². The van der Waals surface area contributed by atoms with Crippen molar-refractivity contribution in [3.8, 4) is 0 Å².